The number of nitrogens with one attached hydrogen (secondary N) is 6. The Hall–Kier alpha value is -5.30. The van der Waals surface area contributed by atoms with Gasteiger partial charge in [0.15, 0.2) is 5.96 Å². The quantitative estimate of drug-likeness (QED) is 0.0498. The number of hydrogen-bond donors (Lipinski definition) is 8. The average molecular weight is 672 g/mol. The summed E-state index contributed by atoms with van der Waals surface area (Å²) in [6.07, 6.45) is 6.15. The predicted octanol–water partition coefficient (Wildman–Crippen LogP) is 1.42. The van der Waals surface area contributed by atoms with Gasteiger partial charge in [-0.2, -0.15) is 0 Å². The number of unbranched alkanes of at least 4 members (excludes halogenated alkanes) is 1. The van der Waals surface area contributed by atoms with Crippen molar-refractivity contribution >= 4 is 29.6 Å². The Bertz CT molecular complexity index is 1480. The van der Waals surface area contributed by atoms with E-state index in [2.05, 4.69) is 31.6 Å². The molecule has 1 aromatic heterocycles. The number of nitrogens with two attached hydrogens (primary N) is 2. The van der Waals surface area contributed by atoms with Crippen molar-refractivity contribution in [1.29, 1.82) is 5.41 Å². The molecular weight excluding hydrogens is 622 g/mol. The molecule has 0 bridgehead atoms. The van der Waals surface area contributed by atoms with Crippen molar-refractivity contribution in [3.05, 3.63) is 102 Å². The maximum atomic E-state index is 13.8. The third-order valence-electron chi connectivity index (χ3n) is 7.86. The highest BCUT2D eigenvalue weighted by Crippen LogP contribution is 2.09. The highest BCUT2D eigenvalue weighted by Gasteiger charge is 2.30. The third-order valence-corrected chi connectivity index (χ3v) is 7.86. The molecule has 0 radical (unpaired) electrons. The lowest BCUT2D eigenvalue weighted by molar-refractivity contribution is -0.134. The summed E-state index contributed by atoms with van der Waals surface area (Å²) < 4.78 is 0. The van der Waals surface area contributed by atoms with Crippen molar-refractivity contribution in [2.45, 2.75) is 82.6 Å². The largest absolute Gasteiger partial charge is 0.370 e. The number of carbonyl (C=O) groups excluding carboxylic acids is 4. The second-order valence-electron chi connectivity index (χ2n) is 11.9. The number of benzene rings is 2. The summed E-state index contributed by atoms with van der Waals surface area (Å²) in [7, 11) is 0. The van der Waals surface area contributed by atoms with Gasteiger partial charge in [-0.25, -0.2) is 0 Å². The molecule has 3 rings (SSSR count). The zero-order chi connectivity index (χ0) is 35.4. The van der Waals surface area contributed by atoms with E-state index in [4.69, 9.17) is 16.9 Å². The molecule has 13 heteroatoms. The Kier molecular flexibility index (Phi) is 16.2. The molecule has 0 saturated heterocycles. The van der Waals surface area contributed by atoms with E-state index >= 15 is 0 Å². The lowest BCUT2D eigenvalue weighted by Gasteiger charge is -2.26. The standard InChI is InChI=1S/C36H49N9O4/c1-2-3-15-30(34(48)43-29(16-10-19-41-36(38)39)33(47)42-24-27-17-20-40-21-18-27)44-35(49)31(23-26-13-8-5-9-14-26)45-32(46)28(37)22-25-11-6-4-7-12-25/h4-9,11-14,17-18,20-21,28-31H,2-3,10,15-16,19,22-24,37H2,1H3,(H,42,47)(H,43,48)(H,44,49)(H,45,46)(H4,38,39,41)/t28?,29-,30?,31-/m1/s1. The molecule has 262 valence electrons. The third kappa shape index (κ3) is 14.2. The van der Waals surface area contributed by atoms with Crippen LogP contribution in [-0.4, -0.2) is 65.3 Å². The molecule has 1 heterocycles. The second-order valence-corrected chi connectivity index (χ2v) is 11.9. The van der Waals surface area contributed by atoms with E-state index in [-0.39, 0.29) is 25.3 Å². The first-order valence-electron chi connectivity index (χ1n) is 16.6. The Morgan fingerprint density at radius 3 is 1.80 bits per heavy atom. The van der Waals surface area contributed by atoms with Crippen LogP contribution in [0.2, 0.25) is 0 Å². The van der Waals surface area contributed by atoms with Gasteiger partial charge in [-0.1, -0.05) is 80.4 Å². The molecule has 3 aromatic rings. The molecule has 4 amide bonds. The Labute approximate surface area is 287 Å². The Balaban J connectivity index is 1.74. The lowest BCUT2D eigenvalue weighted by Crippen LogP contribution is -2.58. The smallest absolute Gasteiger partial charge is 0.243 e. The number of guanidine groups is 1. The van der Waals surface area contributed by atoms with Gasteiger partial charge in [-0.3, -0.25) is 29.6 Å². The molecule has 0 aliphatic heterocycles. The topological polar surface area (TPSA) is 217 Å². The average Bonchev–Trinajstić information content (AvgIpc) is 3.10. The first kappa shape index (κ1) is 38.2. The molecule has 13 nitrogen and oxygen atoms in total. The van der Waals surface area contributed by atoms with Crippen molar-refractivity contribution in [1.82, 2.24) is 31.6 Å². The number of carbonyl (C=O) groups is 4. The monoisotopic (exact) mass is 671 g/mol. The Morgan fingerprint density at radius 1 is 0.673 bits per heavy atom. The minimum atomic E-state index is -1.01. The molecular formula is C36H49N9O4. The van der Waals surface area contributed by atoms with Gasteiger partial charge in [0.1, 0.15) is 18.1 Å². The number of pyridine rings is 1. The summed E-state index contributed by atoms with van der Waals surface area (Å²) in [4.78, 5) is 58.1. The number of nitrogens with zero attached hydrogens (tertiary/aromatic N) is 1. The van der Waals surface area contributed by atoms with E-state index in [9.17, 15) is 19.2 Å². The molecule has 0 spiro atoms. The van der Waals surface area contributed by atoms with Gasteiger partial charge in [0, 0.05) is 31.9 Å². The summed E-state index contributed by atoms with van der Waals surface area (Å²) in [5.74, 6) is -2.13. The van der Waals surface area contributed by atoms with E-state index in [1.807, 2.05) is 67.6 Å². The molecule has 2 unspecified atom stereocenters. The summed E-state index contributed by atoms with van der Waals surface area (Å²) in [5.41, 5.74) is 14.2. The van der Waals surface area contributed by atoms with E-state index in [0.29, 0.717) is 32.2 Å². The van der Waals surface area contributed by atoms with E-state index in [1.165, 1.54) is 0 Å². The molecule has 10 N–H and O–H groups in total. The van der Waals surface area contributed by atoms with E-state index in [0.717, 1.165) is 23.1 Å². The molecule has 0 saturated carbocycles. The van der Waals surface area contributed by atoms with Gasteiger partial charge < -0.3 is 38.1 Å². The van der Waals surface area contributed by atoms with Crippen LogP contribution in [0, 0.1) is 5.41 Å². The van der Waals surface area contributed by atoms with Gasteiger partial charge in [0.25, 0.3) is 0 Å². The van der Waals surface area contributed by atoms with Crippen LogP contribution >= 0.6 is 0 Å². The van der Waals surface area contributed by atoms with Gasteiger partial charge in [0.05, 0.1) is 6.04 Å². The molecule has 49 heavy (non-hydrogen) atoms. The molecule has 0 aliphatic rings. The van der Waals surface area contributed by atoms with Crippen LogP contribution in [0.3, 0.4) is 0 Å². The SMILES string of the molecule is CCCCC(NC(=O)[C@@H](Cc1ccccc1)NC(=O)C(N)Cc1ccccc1)C(=O)N[C@H](CCCNC(=N)N)C(=O)NCc1ccncc1. The van der Waals surface area contributed by atoms with Crippen molar-refractivity contribution in [3.63, 3.8) is 0 Å². The maximum Gasteiger partial charge on any atom is 0.243 e. The van der Waals surface area contributed by atoms with Crippen molar-refractivity contribution in [2.24, 2.45) is 11.5 Å². The zero-order valence-electron chi connectivity index (χ0n) is 28.0. The summed E-state index contributed by atoms with van der Waals surface area (Å²) >= 11 is 0. The molecule has 0 fully saturated rings. The van der Waals surface area contributed by atoms with Crippen molar-refractivity contribution in [3.8, 4) is 0 Å². The van der Waals surface area contributed by atoms with Gasteiger partial charge in [-0.15, -0.1) is 0 Å². The minimum absolute atomic E-state index is 0.182. The minimum Gasteiger partial charge on any atom is -0.370 e. The maximum absolute atomic E-state index is 13.8. The summed E-state index contributed by atoms with van der Waals surface area (Å²) in [6.45, 7) is 2.55. The van der Waals surface area contributed by atoms with Crippen LogP contribution in [0.5, 0.6) is 0 Å². The van der Waals surface area contributed by atoms with Crippen LogP contribution in [-0.2, 0) is 38.6 Å². The second kappa shape index (κ2) is 20.8. The highest BCUT2D eigenvalue weighted by molar-refractivity contribution is 5.95. The van der Waals surface area contributed by atoms with E-state index in [1.54, 1.807) is 24.5 Å². The number of amides is 4. The summed E-state index contributed by atoms with van der Waals surface area (Å²) in [6, 6.07) is 18.4. The lowest BCUT2D eigenvalue weighted by atomic mass is 10.0. The number of hydrogen-bond acceptors (Lipinski definition) is 7. The van der Waals surface area contributed by atoms with Crippen LogP contribution in [0.4, 0.5) is 0 Å². The normalized spacial score (nSPS) is 13.2. The van der Waals surface area contributed by atoms with Crippen LogP contribution in [0.1, 0.15) is 55.7 Å². The fourth-order valence-corrected chi connectivity index (χ4v) is 5.13. The van der Waals surface area contributed by atoms with Gasteiger partial charge in [-0.05, 0) is 54.5 Å². The molecule has 4 atom stereocenters. The van der Waals surface area contributed by atoms with Crippen LogP contribution in [0.15, 0.2) is 85.2 Å². The van der Waals surface area contributed by atoms with Crippen molar-refractivity contribution in [2.75, 3.05) is 6.54 Å². The van der Waals surface area contributed by atoms with Gasteiger partial charge in [0.2, 0.25) is 23.6 Å². The fourth-order valence-electron chi connectivity index (χ4n) is 5.13. The molecule has 0 aliphatic carbocycles. The highest BCUT2D eigenvalue weighted by atomic mass is 16.2. The first-order valence-corrected chi connectivity index (χ1v) is 16.6. The van der Waals surface area contributed by atoms with E-state index < -0.39 is 47.8 Å². The van der Waals surface area contributed by atoms with Crippen molar-refractivity contribution < 1.29 is 19.2 Å². The number of rotatable bonds is 20. The van der Waals surface area contributed by atoms with Gasteiger partial charge >= 0.3 is 0 Å². The predicted molar refractivity (Wildman–Crippen MR) is 189 cm³/mol. The summed E-state index contributed by atoms with van der Waals surface area (Å²) in [5, 5.41) is 21.4. The Morgan fingerprint density at radius 2 is 1.20 bits per heavy atom. The van der Waals surface area contributed by atoms with Crippen LogP contribution in [0.25, 0.3) is 0 Å². The zero-order valence-corrected chi connectivity index (χ0v) is 28.0. The molecule has 2 aromatic carbocycles. The fraction of sp³-hybridized carbons (Fsp3) is 0.389. The van der Waals surface area contributed by atoms with Crippen LogP contribution < -0.4 is 38.1 Å². The first-order chi connectivity index (χ1) is 23.7. The number of aromatic nitrogens is 1.